The lowest BCUT2D eigenvalue weighted by Gasteiger charge is -2.45. The number of carbonyl (C=O) groups excluding carboxylic acids is 3. The zero-order valence-corrected chi connectivity index (χ0v) is 28.4. The summed E-state index contributed by atoms with van der Waals surface area (Å²) >= 11 is 0. The van der Waals surface area contributed by atoms with Crippen LogP contribution in [0.4, 0.5) is 0 Å². The maximum Gasteiger partial charge on any atom is 0.249 e. The molecule has 248 valence electrons. The first-order valence-electron chi connectivity index (χ1n) is 16.6. The molecule has 3 fully saturated rings. The lowest BCUT2D eigenvalue weighted by molar-refractivity contribution is -0.157. The first-order chi connectivity index (χ1) is 21.2. The Bertz CT molecular complexity index is 1260. The van der Waals surface area contributed by atoms with E-state index in [9.17, 15) is 19.5 Å². The highest BCUT2D eigenvalue weighted by atomic mass is 16.5. The number of nitrogens with zero attached hydrogens (tertiary/aromatic N) is 3. The van der Waals surface area contributed by atoms with Gasteiger partial charge in [0, 0.05) is 38.3 Å². The molecule has 8 heteroatoms. The topological polar surface area (TPSA) is 90.4 Å². The zero-order chi connectivity index (χ0) is 33.2. The van der Waals surface area contributed by atoms with Gasteiger partial charge in [0.25, 0.3) is 0 Å². The minimum absolute atomic E-state index is 0.0415. The van der Waals surface area contributed by atoms with E-state index in [1.54, 1.807) is 22.0 Å². The van der Waals surface area contributed by atoms with Gasteiger partial charge in [-0.05, 0) is 70.3 Å². The van der Waals surface area contributed by atoms with Crippen LogP contribution in [0.2, 0.25) is 0 Å². The van der Waals surface area contributed by atoms with Crippen molar-refractivity contribution in [1.82, 2.24) is 14.7 Å². The summed E-state index contributed by atoms with van der Waals surface area (Å²) in [6.45, 7) is 22.0. The third-order valence-electron chi connectivity index (χ3n) is 9.98. The van der Waals surface area contributed by atoms with Crippen LogP contribution in [-0.2, 0) is 25.7 Å². The van der Waals surface area contributed by atoms with Gasteiger partial charge in [-0.25, -0.2) is 0 Å². The van der Waals surface area contributed by atoms with Crippen LogP contribution in [0.5, 0.6) is 0 Å². The second kappa shape index (κ2) is 13.4. The van der Waals surface area contributed by atoms with Gasteiger partial charge in [-0.15, -0.1) is 13.2 Å². The van der Waals surface area contributed by atoms with Gasteiger partial charge in [0.2, 0.25) is 17.7 Å². The largest absolute Gasteiger partial charge is 0.396 e. The summed E-state index contributed by atoms with van der Waals surface area (Å²) < 4.78 is 6.94. The van der Waals surface area contributed by atoms with E-state index in [4.69, 9.17) is 4.74 Å². The van der Waals surface area contributed by atoms with Crippen LogP contribution in [0.1, 0.15) is 85.6 Å². The molecule has 45 heavy (non-hydrogen) atoms. The van der Waals surface area contributed by atoms with Gasteiger partial charge >= 0.3 is 0 Å². The minimum atomic E-state index is -1.09. The number of aliphatic hydroxyl groups excluding tert-OH is 1. The van der Waals surface area contributed by atoms with Crippen molar-refractivity contribution >= 4 is 17.7 Å². The highest BCUT2D eigenvalue weighted by Crippen LogP contribution is 2.63. The van der Waals surface area contributed by atoms with Crippen LogP contribution in [0.25, 0.3) is 0 Å². The van der Waals surface area contributed by atoms with Crippen LogP contribution >= 0.6 is 0 Å². The van der Waals surface area contributed by atoms with Crippen LogP contribution in [0.3, 0.4) is 0 Å². The van der Waals surface area contributed by atoms with Gasteiger partial charge in [-0.2, -0.15) is 0 Å². The summed E-state index contributed by atoms with van der Waals surface area (Å²) in [5.41, 5.74) is -1.52. The number of unbranched alkanes of at least 4 members (excludes halogenated alkanes) is 2. The molecule has 3 amide bonds. The molecule has 4 rings (SSSR count). The second-order valence-corrected chi connectivity index (χ2v) is 15.3. The predicted octanol–water partition coefficient (Wildman–Crippen LogP) is 5.36. The molecule has 0 aromatic heterocycles. The van der Waals surface area contributed by atoms with E-state index in [-0.39, 0.29) is 29.7 Å². The molecule has 0 aliphatic carbocycles. The molecule has 1 aromatic carbocycles. The first kappa shape index (κ1) is 34.9. The fourth-order valence-corrected chi connectivity index (χ4v) is 8.59. The Morgan fingerprint density at radius 3 is 2.29 bits per heavy atom. The molecule has 5 atom stereocenters. The summed E-state index contributed by atoms with van der Waals surface area (Å²) in [5, 5.41) is 9.39. The van der Waals surface area contributed by atoms with E-state index in [2.05, 4.69) is 47.8 Å². The Morgan fingerprint density at radius 2 is 1.69 bits per heavy atom. The van der Waals surface area contributed by atoms with Crippen molar-refractivity contribution in [1.29, 1.82) is 0 Å². The van der Waals surface area contributed by atoms with E-state index in [0.717, 1.165) is 18.4 Å². The normalized spacial score (nSPS) is 27.4. The number of hydrogen-bond acceptors (Lipinski definition) is 5. The summed E-state index contributed by atoms with van der Waals surface area (Å²) in [6.07, 6.45) is 7.36. The van der Waals surface area contributed by atoms with Crippen LogP contribution in [-0.4, -0.2) is 86.6 Å². The molecule has 2 unspecified atom stereocenters. The Labute approximate surface area is 270 Å². The lowest BCUT2D eigenvalue weighted by Crippen LogP contribution is -2.61. The Morgan fingerprint density at radius 1 is 1.02 bits per heavy atom. The number of fused-ring (bicyclic) bond motifs is 1. The molecule has 8 nitrogen and oxygen atoms in total. The van der Waals surface area contributed by atoms with Crippen molar-refractivity contribution in [3.8, 4) is 0 Å². The molecule has 0 radical (unpaired) electrons. The zero-order valence-electron chi connectivity index (χ0n) is 28.4. The Kier molecular flexibility index (Phi) is 10.4. The number of hydrogen-bond donors (Lipinski definition) is 1. The van der Waals surface area contributed by atoms with Gasteiger partial charge in [-0.1, -0.05) is 63.3 Å². The number of ether oxygens (including phenoxy) is 1. The SMILES string of the molecule is C=CCN(Cc1ccccc1)C(=O)[C@@H]1[C@H]2C(=O)N(CCCCCO)C(C(=O)N(CC=C)C(C)(C)CC(C)(C)C)C23CC[C@@]1(C)O3. The molecule has 3 heterocycles. The van der Waals surface area contributed by atoms with Gasteiger partial charge in [0.15, 0.2) is 0 Å². The number of rotatable bonds is 15. The monoisotopic (exact) mass is 621 g/mol. The number of carbonyl (C=O) groups is 3. The quantitative estimate of drug-likeness (QED) is 0.211. The van der Waals surface area contributed by atoms with Crippen molar-refractivity contribution in [3.05, 3.63) is 61.2 Å². The van der Waals surface area contributed by atoms with Crippen molar-refractivity contribution in [2.24, 2.45) is 17.3 Å². The smallest absolute Gasteiger partial charge is 0.249 e. The van der Waals surface area contributed by atoms with Crippen LogP contribution in [0, 0.1) is 17.3 Å². The van der Waals surface area contributed by atoms with E-state index < -0.39 is 34.6 Å². The molecule has 3 saturated heterocycles. The fourth-order valence-electron chi connectivity index (χ4n) is 8.59. The van der Waals surface area contributed by atoms with E-state index in [1.165, 1.54) is 0 Å². The highest BCUT2D eigenvalue weighted by Gasteiger charge is 2.78. The van der Waals surface area contributed by atoms with Gasteiger partial charge < -0.3 is 24.5 Å². The number of likely N-dealkylation sites (tertiary alicyclic amines) is 1. The van der Waals surface area contributed by atoms with Crippen molar-refractivity contribution in [2.45, 2.75) is 109 Å². The van der Waals surface area contributed by atoms with Crippen molar-refractivity contribution < 1.29 is 24.2 Å². The Hall–Kier alpha value is -2.97. The maximum atomic E-state index is 15.0. The molecular formula is C37H55N3O5. The summed E-state index contributed by atoms with van der Waals surface area (Å²) in [4.78, 5) is 49.5. The molecule has 3 aliphatic rings. The molecule has 2 bridgehead atoms. The molecule has 3 aliphatic heterocycles. The van der Waals surface area contributed by atoms with Gasteiger partial charge in [0.05, 0.1) is 17.4 Å². The van der Waals surface area contributed by atoms with E-state index >= 15 is 0 Å². The summed E-state index contributed by atoms with van der Waals surface area (Å²) in [6, 6.07) is 8.97. The predicted molar refractivity (Wildman–Crippen MR) is 177 cm³/mol. The molecule has 0 saturated carbocycles. The number of amides is 3. The standard InChI is InChI=1S/C37H55N3O5/c1-9-21-38(25-27-17-13-11-14-18-27)31(42)28-29-32(43)39(23-15-12-16-24-41)30(37(29)20-19-36(28,8)45-37)33(44)40(22-10-2)35(6,7)26-34(3,4)5/h9-11,13-14,17-18,28-30,41H,1-2,12,15-16,19-26H2,3-8H3/t28-,29-,30?,36+,37?/m0/s1. The second-order valence-electron chi connectivity index (χ2n) is 15.3. The van der Waals surface area contributed by atoms with Crippen LogP contribution in [0.15, 0.2) is 55.6 Å². The van der Waals surface area contributed by atoms with Crippen LogP contribution < -0.4 is 0 Å². The fraction of sp³-hybridized carbons (Fsp3) is 0.649. The Balaban J connectivity index is 1.76. The highest BCUT2D eigenvalue weighted by molar-refractivity contribution is 5.99. The van der Waals surface area contributed by atoms with E-state index in [0.29, 0.717) is 51.9 Å². The average molecular weight is 622 g/mol. The lowest BCUT2D eigenvalue weighted by atomic mass is 9.66. The van der Waals surface area contributed by atoms with Gasteiger partial charge in [-0.3, -0.25) is 14.4 Å². The number of benzene rings is 1. The summed E-state index contributed by atoms with van der Waals surface area (Å²) in [5.74, 6) is -1.92. The third kappa shape index (κ3) is 6.78. The first-order valence-corrected chi connectivity index (χ1v) is 16.6. The van der Waals surface area contributed by atoms with Gasteiger partial charge in [0.1, 0.15) is 11.6 Å². The minimum Gasteiger partial charge on any atom is -0.396 e. The molecular weight excluding hydrogens is 566 g/mol. The molecule has 1 aromatic rings. The third-order valence-corrected chi connectivity index (χ3v) is 9.98. The summed E-state index contributed by atoms with van der Waals surface area (Å²) in [7, 11) is 0. The molecule has 1 N–H and O–H groups in total. The average Bonchev–Trinajstić information content (AvgIpc) is 3.53. The molecule has 1 spiro atoms. The number of aliphatic hydroxyl groups is 1. The van der Waals surface area contributed by atoms with Crippen molar-refractivity contribution in [2.75, 3.05) is 26.2 Å². The van der Waals surface area contributed by atoms with Crippen molar-refractivity contribution in [3.63, 3.8) is 0 Å². The maximum absolute atomic E-state index is 15.0. The van der Waals surface area contributed by atoms with E-state index in [1.807, 2.05) is 42.2 Å².